The molecule has 1 N–H and O–H groups in total. The maximum absolute atomic E-state index is 8.95. The van der Waals surface area contributed by atoms with Gasteiger partial charge in [-0.1, -0.05) is 24.3 Å². The first-order valence-corrected chi connectivity index (χ1v) is 8.85. The molecule has 0 atom stereocenters. The van der Waals surface area contributed by atoms with E-state index in [1.807, 2.05) is 0 Å². The van der Waals surface area contributed by atoms with E-state index in [9.17, 15) is 0 Å². The SMILES string of the molecule is CN(CCO)C[C@H]1C[C@H](c2ccc(CN3CCCC3)cc2)C1. The molecular weight excluding hydrogens is 272 g/mol. The van der Waals surface area contributed by atoms with E-state index in [1.165, 1.54) is 49.9 Å². The minimum absolute atomic E-state index is 0.269. The summed E-state index contributed by atoms with van der Waals surface area (Å²) in [6.45, 7) is 5.86. The van der Waals surface area contributed by atoms with Crippen molar-refractivity contribution in [1.29, 1.82) is 0 Å². The van der Waals surface area contributed by atoms with Crippen molar-refractivity contribution in [3.8, 4) is 0 Å². The molecule has 1 aliphatic heterocycles. The Morgan fingerprint density at radius 3 is 2.45 bits per heavy atom. The Kier molecular flexibility index (Phi) is 5.51. The van der Waals surface area contributed by atoms with Crippen molar-refractivity contribution in [1.82, 2.24) is 9.80 Å². The zero-order chi connectivity index (χ0) is 15.4. The molecule has 0 radical (unpaired) electrons. The molecule has 0 amide bonds. The molecule has 0 unspecified atom stereocenters. The highest BCUT2D eigenvalue weighted by Gasteiger charge is 2.30. The van der Waals surface area contributed by atoms with Gasteiger partial charge in [0.1, 0.15) is 0 Å². The van der Waals surface area contributed by atoms with Crippen LogP contribution < -0.4 is 0 Å². The van der Waals surface area contributed by atoms with E-state index in [0.29, 0.717) is 0 Å². The van der Waals surface area contributed by atoms with Crippen LogP contribution in [0.3, 0.4) is 0 Å². The summed E-state index contributed by atoms with van der Waals surface area (Å²) in [5.41, 5.74) is 2.98. The van der Waals surface area contributed by atoms with Crippen molar-refractivity contribution in [3.05, 3.63) is 35.4 Å². The molecule has 3 nitrogen and oxygen atoms in total. The van der Waals surface area contributed by atoms with Crippen LogP contribution in [-0.2, 0) is 6.54 Å². The summed E-state index contributed by atoms with van der Waals surface area (Å²) >= 11 is 0. The molecule has 1 saturated carbocycles. The van der Waals surface area contributed by atoms with Gasteiger partial charge in [0.25, 0.3) is 0 Å². The molecule has 0 aromatic heterocycles. The zero-order valence-electron chi connectivity index (χ0n) is 13.9. The topological polar surface area (TPSA) is 26.7 Å². The average Bonchev–Trinajstić information content (AvgIpc) is 2.97. The predicted molar refractivity (Wildman–Crippen MR) is 91.0 cm³/mol. The fourth-order valence-electron chi connectivity index (χ4n) is 3.95. The predicted octanol–water partition coefficient (Wildman–Crippen LogP) is 2.70. The summed E-state index contributed by atoms with van der Waals surface area (Å²) in [5.74, 6) is 1.57. The van der Waals surface area contributed by atoms with Gasteiger partial charge >= 0.3 is 0 Å². The molecule has 2 fully saturated rings. The van der Waals surface area contributed by atoms with Gasteiger partial charge in [0.2, 0.25) is 0 Å². The Hall–Kier alpha value is -0.900. The van der Waals surface area contributed by atoms with Crippen LogP contribution in [0, 0.1) is 5.92 Å². The molecular formula is C19H30N2O. The van der Waals surface area contributed by atoms with Crippen molar-refractivity contribution >= 4 is 0 Å². The highest BCUT2D eigenvalue weighted by atomic mass is 16.3. The molecule has 3 rings (SSSR count). The monoisotopic (exact) mass is 302 g/mol. The van der Waals surface area contributed by atoms with Gasteiger partial charge in [0.05, 0.1) is 6.61 Å². The first-order chi connectivity index (χ1) is 10.7. The fourth-order valence-corrected chi connectivity index (χ4v) is 3.95. The quantitative estimate of drug-likeness (QED) is 0.839. The summed E-state index contributed by atoms with van der Waals surface area (Å²) in [6.07, 6.45) is 5.35. The molecule has 2 aliphatic rings. The Balaban J connectivity index is 1.44. The molecule has 1 aromatic carbocycles. The summed E-state index contributed by atoms with van der Waals surface area (Å²) in [7, 11) is 2.11. The first kappa shape index (κ1) is 16.0. The van der Waals surface area contributed by atoms with Gasteiger partial charge in [-0.05, 0) is 68.8 Å². The summed E-state index contributed by atoms with van der Waals surface area (Å²) in [5, 5.41) is 8.95. The lowest BCUT2D eigenvalue weighted by Gasteiger charge is -2.38. The number of likely N-dealkylation sites (tertiary alicyclic amines) is 1. The molecule has 0 spiro atoms. The van der Waals surface area contributed by atoms with Gasteiger partial charge in [-0.15, -0.1) is 0 Å². The zero-order valence-corrected chi connectivity index (χ0v) is 13.9. The molecule has 122 valence electrons. The van der Waals surface area contributed by atoms with Gasteiger partial charge in [0.15, 0.2) is 0 Å². The largest absolute Gasteiger partial charge is 0.395 e. The fraction of sp³-hybridized carbons (Fsp3) is 0.684. The van der Waals surface area contributed by atoms with Crippen molar-refractivity contribution in [2.75, 3.05) is 39.8 Å². The molecule has 1 heterocycles. The third-order valence-electron chi connectivity index (χ3n) is 5.34. The molecule has 1 aliphatic carbocycles. The molecule has 0 bridgehead atoms. The van der Waals surface area contributed by atoms with E-state index in [2.05, 4.69) is 41.1 Å². The van der Waals surface area contributed by atoms with Crippen LogP contribution in [0.1, 0.15) is 42.7 Å². The Morgan fingerprint density at radius 2 is 1.82 bits per heavy atom. The van der Waals surface area contributed by atoms with Crippen LogP contribution in [0.4, 0.5) is 0 Å². The second-order valence-electron chi connectivity index (χ2n) is 7.25. The van der Waals surface area contributed by atoms with Crippen LogP contribution in [0.2, 0.25) is 0 Å². The van der Waals surface area contributed by atoms with Crippen molar-refractivity contribution in [2.24, 2.45) is 5.92 Å². The van der Waals surface area contributed by atoms with Crippen LogP contribution in [0.25, 0.3) is 0 Å². The van der Waals surface area contributed by atoms with Gasteiger partial charge in [0, 0.05) is 19.6 Å². The van der Waals surface area contributed by atoms with Gasteiger partial charge < -0.3 is 10.0 Å². The summed E-state index contributed by atoms with van der Waals surface area (Å²) < 4.78 is 0. The second kappa shape index (κ2) is 7.58. The number of hydrogen-bond donors (Lipinski definition) is 1. The van der Waals surface area contributed by atoms with Gasteiger partial charge in [-0.3, -0.25) is 4.90 Å². The first-order valence-electron chi connectivity index (χ1n) is 8.85. The molecule has 1 aromatic rings. The highest BCUT2D eigenvalue weighted by molar-refractivity contribution is 5.27. The van der Waals surface area contributed by atoms with Crippen LogP contribution in [-0.4, -0.2) is 54.7 Å². The van der Waals surface area contributed by atoms with Crippen LogP contribution in [0.15, 0.2) is 24.3 Å². The van der Waals surface area contributed by atoms with E-state index in [0.717, 1.165) is 31.5 Å². The van der Waals surface area contributed by atoms with Crippen molar-refractivity contribution in [3.63, 3.8) is 0 Å². The van der Waals surface area contributed by atoms with E-state index in [1.54, 1.807) is 0 Å². The highest BCUT2D eigenvalue weighted by Crippen LogP contribution is 2.41. The maximum Gasteiger partial charge on any atom is 0.0558 e. The van der Waals surface area contributed by atoms with E-state index < -0.39 is 0 Å². The Morgan fingerprint density at radius 1 is 1.14 bits per heavy atom. The van der Waals surface area contributed by atoms with Crippen molar-refractivity contribution in [2.45, 2.75) is 38.1 Å². The number of aliphatic hydroxyl groups excluding tert-OH is 1. The third kappa shape index (κ3) is 4.09. The molecule has 3 heteroatoms. The number of aliphatic hydroxyl groups is 1. The number of hydrogen-bond acceptors (Lipinski definition) is 3. The number of likely N-dealkylation sites (N-methyl/N-ethyl adjacent to an activating group) is 1. The number of nitrogens with zero attached hydrogens (tertiary/aromatic N) is 2. The Labute approximate surface area is 134 Å². The lowest BCUT2D eigenvalue weighted by Crippen LogP contribution is -2.34. The van der Waals surface area contributed by atoms with Crippen molar-refractivity contribution < 1.29 is 5.11 Å². The standard InChI is InChI=1S/C19H30N2O/c1-20(10-11-22)14-17-12-19(13-17)18-6-4-16(5-7-18)15-21-8-2-3-9-21/h4-7,17,19,22H,2-3,8-15H2,1H3/t17-,19-. The smallest absolute Gasteiger partial charge is 0.0558 e. The van der Waals surface area contributed by atoms with Gasteiger partial charge in [-0.2, -0.15) is 0 Å². The third-order valence-corrected chi connectivity index (χ3v) is 5.34. The van der Waals surface area contributed by atoms with Crippen LogP contribution >= 0.6 is 0 Å². The lowest BCUT2D eigenvalue weighted by molar-refractivity contribution is 0.155. The van der Waals surface area contributed by atoms with E-state index in [-0.39, 0.29) is 6.61 Å². The Bertz CT molecular complexity index is 447. The van der Waals surface area contributed by atoms with Crippen LogP contribution in [0.5, 0.6) is 0 Å². The van der Waals surface area contributed by atoms with Gasteiger partial charge in [-0.25, -0.2) is 0 Å². The van der Waals surface area contributed by atoms with E-state index >= 15 is 0 Å². The molecule has 22 heavy (non-hydrogen) atoms. The normalized spacial score (nSPS) is 25.6. The van der Waals surface area contributed by atoms with E-state index in [4.69, 9.17) is 5.11 Å². The maximum atomic E-state index is 8.95. The summed E-state index contributed by atoms with van der Waals surface area (Å²) in [6, 6.07) is 9.37. The number of benzene rings is 1. The number of rotatable bonds is 7. The minimum Gasteiger partial charge on any atom is -0.395 e. The molecule has 1 saturated heterocycles. The second-order valence-corrected chi connectivity index (χ2v) is 7.25. The lowest BCUT2D eigenvalue weighted by atomic mass is 9.71. The summed E-state index contributed by atoms with van der Waals surface area (Å²) in [4.78, 5) is 4.81. The minimum atomic E-state index is 0.269. The average molecular weight is 302 g/mol.